The first-order valence-electron chi connectivity index (χ1n) is 10.1. The summed E-state index contributed by atoms with van der Waals surface area (Å²) in [6, 6.07) is 12.1. The normalized spacial score (nSPS) is 11.2. The van der Waals surface area contributed by atoms with Crippen LogP contribution in [0.5, 0.6) is 5.75 Å². The van der Waals surface area contributed by atoms with E-state index >= 15 is 0 Å². The predicted octanol–water partition coefficient (Wildman–Crippen LogP) is 2.20. The fourth-order valence-corrected chi connectivity index (χ4v) is 3.76. The molecule has 2 heterocycles. The molecule has 0 aliphatic carbocycles. The van der Waals surface area contributed by atoms with Gasteiger partial charge in [-0.2, -0.15) is 0 Å². The number of halogens is 1. The minimum Gasteiger partial charge on any atom is -0.497 e. The Bertz CT molecular complexity index is 1440. The number of carbonyl (C=O) groups excluding carboxylic acids is 1. The Morgan fingerprint density at radius 2 is 2.00 bits per heavy atom. The maximum Gasteiger partial charge on any atom is 0.352 e. The highest BCUT2D eigenvalue weighted by Gasteiger charge is 2.18. The number of aromatic nitrogens is 4. The van der Waals surface area contributed by atoms with Gasteiger partial charge in [0.05, 0.1) is 18.0 Å². The number of nitrogens with one attached hydrogen (secondary N) is 1. The summed E-state index contributed by atoms with van der Waals surface area (Å²) >= 11 is 6.11. The molecule has 0 fully saturated rings. The second-order valence-corrected chi connectivity index (χ2v) is 7.76. The van der Waals surface area contributed by atoms with E-state index in [0.717, 1.165) is 10.2 Å². The largest absolute Gasteiger partial charge is 0.497 e. The van der Waals surface area contributed by atoms with E-state index in [0.29, 0.717) is 34.6 Å². The second kappa shape index (κ2) is 8.88. The fraction of sp³-hybridized carbons (Fsp3) is 0.273. The van der Waals surface area contributed by atoms with E-state index in [1.54, 1.807) is 25.3 Å². The number of carbonyl (C=O) groups is 1. The molecule has 0 bridgehead atoms. The lowest BCUT2D eigenvalue weighted by molar-refractivity contribution is -0.122. The van der Waals surface area contributed by atoms with E-state index in [-0.39, 0.29) is 30.3 Å². The highest BCUT2D eigenvalue weighted by Crippen LogP contribution is 2.17. The Morgan fingerprint density at radius 3 is 2.75 bits per heavy atom. The molecule has 166 valence electrons. The van der Waals surface area contributed by atoms with Gasteiger partial charge in [-0.1, -0.05) is 30.7 Å². The summed E-state index contributed by atoms with van der Waals surface area (Å²) in [6.45, 7) is 2.31. The number of nitrogens with zero attached hydrogens (tertiary/aromatic N) is 4. The van der Waals surface area contributed by atoms with Crippen LogP contribution in [0.1, 0.15) is 18.9 Å². The molecule has 0 saturated carbocycles. The molecule has 10 heteroatoms. The van der Waals surface area contributed by atoms with Crippen LogP contribution in [0, 0.1) is 0 Å². The minimum absolute atomic E-state index is 0.178. The number of amides is 1. The molecule has 0 atom stereocenters. The van der Waals surface area contributed by atoms with Crippen LogP contribution < -0.4 is 21.3 Å². The van der Waals surface area contributed by atoms with Crippen LogP contribution in [-0.4, -0.2) is 31.8 Å². The molecule has 0 aliphatic rings. The molecule has 2 aromatic carbocycles. The molecular weight excluding hydrogens is 434 g/mol. The number of hydrogen-bond donors (Lipinski definition) is 1. The van der Waals surface area contributed by atoms with E-state index in [2.05, 4.69) is 10.4 Å². The van der Waals surface area contributed by atoms with Gasteiger partial charge >= 0.3 is 5.69 Å². The zero-order valence-electron chi connectivity index (χ0n) is 17.7. The van der Waals surface area contributed by atoms with Gasteiger partial charge in [0.15, 0.2) is 0 Å². The summed E-state index contributed by atoms with van der Waals surface area (Å²) in [5.41, 5.74) is 0.439. The molecular formula is C22H22ClN5O4. The number of benzene rings is 2. The predicted molar refractivity (Wildman–Crippen MR) is 121 cm³/mol. The monoisotopic (exact) mass is 455 g/mol. The van der Waals surface area contributed by atoms with Crippen molar-refractivity contribution in [2.75, 3.05) is 7.11 Å². The summed E-state index contributed by atoms with van der Waals surface area (Å²) in [5, 5.41) is 7.83. The van der Waals surface area contributed by atoms with Gasteiger partial charge in [0.1, 0.15) is 12.3 Å². The van der Waals surface area contributed by atoms with Crippen molar-refractivity contribution < 1.29 is 9.53 Å². The number of methoxy groups -OCH3 is 1. The Kier molecular flexibility index (Phi) is 6.00. The molecule has 0 unspecified atom stereocenters. The number of ether oxygens (including phenoxy) is 1. The summed E-state index contributed by atoms with van der Waals surface area (Å²) in [4.78, 5) is 38.6. The quantitative estimate of drug-likeness (QED) is 0.460. The Morgan fingerprint density at radius 1 is 1.19 bits per heavy atom. The molecule has 0 spiro atoms. The van der Waals surface area contributed by atoms with E-state index < -0.39 is 5.69 Å². The van der Waals surface area contributed by atoms with E-state index in [4.69, 9.17) is 16.3 Å². The van der Waals surface area contributed by atoms with Crippen molar-refractivity contribution in [3.63, 3.8) is 0 Å². The Hall–Kier alpha value is -3.59. The van der Waals surface area contributed by atoms with Gasteiger partial charge in [-0.3, -0.25) is 14.2 Å². The molecule has 0 aliphatic heterocycles. The molecule has 4 aromatic rings. The third kappa shape index (κ3) is 3.99. The van der Waals surface area contributed by atoms with Gasteiger partial charge in [-0.25, -0.2) is 13.9 Å². The van der Waals surface area contributed by atoms with Crippen molar-refractivity contribution in [1.29, 1.82) is 0 Å². The maximum atomic E-state index is 13.1. The van der Waals surface area contributed by atoms with Crippen molar-refractivity contribution in [3.8, 4) is 5.75 Å². The first-order valence-corrected chi connectivity index (χ1v) is 10.5. The zero-order chi connectivity index (χ0) is 22.8. The number of rotatable bonds is 7. The van der Waals surface area contributed by atoms with Gasteiger partial charge < -0.3 is 10.1 Å². The van der Waals surface area contributed by atoms with Crippen LogP contribution in [0.3, 0.4) is 0 Å². The van der Waals surface area contributed by atoms with Crippen molar-refractivity contribution in [1.82, 2.24) is 24.1 Å². The first-order chi connectivity index (χ1) is 15.4. The second-order valence-electron chi connectivity index (χ2n) is 7.32. The lowest BCUT2D eigenvalue weighted by Gasteiger charge is -2.08. The van der Waals surface area contributed by atoms with Crippen molar-refractivity contribution in [3.05, 3.63) is 73.9 Å². The molecule has 1 amide bonds. The molecule has 1 N–H and O–H groups in total. The van der Waals surface area contributed by atoms with E-state index in [9.17, 15) is 14.4 Å². The van der Waals surface area contributed by atoms with Crippen molar-refractivity contribution in [2.24, 2.45) is 0 Å². The van der Waals surface area contributed by atoms with E-state index in [1.165, 1.54) is 8.97 Å². The van der Waals surface area contributed by atoms with Crippen LogP contribution >= 0.6 is 11.6 Å². The maximum absolute atomic E-state index is 13.1. The number of hydrogen-bond acceptors (Lipinski definition) is 5. The highest BCUT2D eigenvalue weighted by molar-refractivity contribution is 6.31. The number of fused-ring (bicyclic) bond motifs is 3. The van der Waals surface area contributed by atoms with Gasteiger partial charge in [-0.15, -0.1) is 5.10 Å². The molecule has 32 heavy (non-hydrogen) atoms. The summed E-state index contributed by atoms with van der Waals surface area (Å²) in [5.74, 6) is 0.481. The summed E-state index contributed by atoms with van der Waals surface area (Å²) in [7, 11) is 1.57. The van der Waals surface area contributed by atoms with Crippen LogP contribution in [-0.2, 0) is 24.4 Å². The Balaban J connectivity index is 1.69. The number of aryl methyl sites for hydroxylation is 1. The van der Waals surface area contributed by atoms with Gasteiger partial charge in [-0.05, 0) is 42.3 Å². The van der Waals surface area contributed by atoms with Gasteiger partial charge in [0.25, 0.3) is 5.56 Å². The Labute approximate surface area is 187 Å². The fourth-order valence-electron chi connectivity index (χ4n) is 3.59. The van der Waals surface area contributed by atoms with Crippen molar-refractivity contribution in [2.45, 2.75) is 33.0 Å². The standard InChI is InChI=1S/C22H22ClN5O4/c1-3-9-26-20(30)17-8-7-15(23)11-18(17)28-21(26)25-27(22(28)31)13-19(29)24-12-14-5-4-6-16(10-14)32-2/h4-8,10-11H,3,9,12-13H2,1-2H3,(H,24,29). The average molecular weight is 456 g/mol. The first kappa shape index (κ1) is 21.6. The van der Waals surface area contributed by atoms with Crippen molar-refractivity contribution >= 4 is 34.2 Å². The summed E-state index contributed by atoms with van der Waals surface area (Å²) < 4.78 is 9.01. The molecule has 2 aromatic heterocycles. The van der Waals surface area contributed by atoms with Crippen LogP contribution in [0.15, 0.2) is 52.1 Å². The summed E-state index contributed by atoms with van der Waals surface area (Å²) in [6.07, 6.45) is 0.677. The van der Waals surface area contributed by atoms with Crippen LogP contribution in [0.2, 0.25) is 5.02 Å². The van der Waals surface area contributed by atoms with Crippen LogP contribution in [0.4, 0.5) is 0 Å². The molecule has 9 nitrogen and oxygen atoms in total. The third-order valence-electron chi connectivity index (χ3n) is 5.10. The van der Waals surface area contributed by atoms with E-state index in [1.807, 2.05) is 31.2 Å². The SMILES string of the molecule is CCCn1c(=O)c2ccc(Cl)cc2n2c(=O)n(CC(=O)NCc3cccc(OC)c3)nc12. The molecule has 0 radical (unpaired) electrons. The highest BCUT2D eigenvalue weighted by atomic mass is 35.5. The third-order valence-corrected chi connectivity index (χ3v) is 5.34. The molecule has 4 rings (SSSR count). The lowest BCUT2D eigenvalue weighted by atomic mass is 10.2. The zero-order valence-corrected chi connectivity index (χ0v) is 18.4. The molecule has 0 saturated heterocycles. The van der Waals surface area contributed by atoms with Gasteiger partial charge in [0.2, 0.25) is 11.7 Å². The van der Waals surface area contributed by atoms with Gasteiger partial charge in [0, 0.05) is 18.1 Å². The lowest BCUT2D eigenvalue weighted by Crippen LogP contribution is -2.32. The smallest absolute Gasteiger partial charge is 0.352 e. The minimum atomic E-state index is -0.520. The van der Waals surface area contributed by atoms with Crippen LogP contribution in [0.25, 0.3) is 16.7 Å². The average Bonchev–Trinajstić information content (AvgIpc) is 3.11. The topological polar surface area (TPSA) is 99.6 Å².